The lowest BCUT2D eigenvalue weighted by Crippen LogP contribution is -2.23. The fraction of sp³-hybridized carbons (Fsp3) is 0.455. The molecular formula is C11H14BrN3. The van der Waals surface area contributed by atoms with Gasteiger partial charge in [-0.05, 0) is 42.0 Å². The summed E-state index contributed by atoms with van der Waals surface area (Å²) >= 11 is 3.34. The van der Waals surface area contributed by atoms with Crippen LogP contribution in [0.15, 0.2) is 22.8 Å². The smallest absolute Gasteiger partial charge is 0.0666 e. The van der Waals surface area contributed by atoms with E-state index in [0.717, 1.165) is 23.3 Å². The van der Waals surface area contributed by atoms with Gasteiger partial charge in [0, 0.05) is 23.8 Å². The zero-order valence-electron chi connectivity index (χ0n) is 8.94. The van der Waals surface area contributed by atoms with Gasteiger partial charge in [0.2, 0.25) is 0 Å². The van der Waals surface area contributed by atoms with E-state index in [4.69, 9.17) is 5.26 Å². The van der Waals surface area contributed by atoms with Crippen LogP contribution >= 0.6 is 15.9 Å². The molecule has 0 aromatic carbocycles. The molecule has 0 bridgehead atoms. The van der Waals surface area contributed by atoms with Gasteiger partial charge in [0.1, 0.15) is 0 Å². The van der Waals surface area contributed by atoms with Crippen molar-refractivity contribution < 1.29 is 0 Å². The molecule has 0 saturated heterocycles. The SMILES string of the molecule is CC(C#N)CN(C)Cc1ccc(Br)cn1. The van der Waals surface area contributed by atoms with Crippen molar-refractivity contribution in [2.45, 2.75) is 13.5 Å². The van der Waals surface area contributed by atoms with Crippen LogP contribution in [0.3, 0.4) is 0 Å². The van der Waals surface area contributed by atoms with E-state index in [1.165, 1.54) is 0 Å². The zero-order valence-corrected chi connectivity index (χ0v) is 10.5. The highest BCUT2D eigenvalue weighted by molar-refractivity contribution is 9.10. The predicted molar refractivity (Wildman–Crippen MR) is 63.0 cm³/mol. The van der Waals surface area contributed by atoms with Crippen LogP contribution in [0.2, 0.25) is 0 Å². The van der Waals surface area contributed by atoms with Crippen molar-refractivity contribution in [3.63, 3.8) is 0 Å². The Labute approximate surface area is 98.9 Å². The summed E-state index contributed by atoms with van der Waals surface area (Å²) in [5, 5.41) is 8.69. The van der Waals surface area contributed by atoms with Gasteiger partial charge >= 0.3 is 0 Å². The lowest BCUT2D eigenvalue weighted by Gasteiger charge is -2.16. The molecule has 15 heavy (non-hydrogen) atoms. The third-order valence-corrected chi connectivity index (χ3v) is 2.50. The first-order valence-electron chi connectivity index (χ1n) is 4.80. The minimum atomic E-state index is 0.0606. The van der Waals surface area contributed by atoms with Crippen LogP contribution in [0.1, 0.15) is 12.6 Å². The van der Waals surface area contributed by atoms with Crippen LogP contribution < -0.4 is 0 Å². The van der Waals surface area contributed by atoms with E-state index in [1.807, 2.05) is 26.1 Å². The molecule has 1 aromatic rings. The molecule has 0 N–H and O–H groups in total. The van der Waals surface area contributed by atoms with Gasteiger partial charge in [0.05, 0.1) is 17.7 Å². The van der Waals surface area contributed by atoms with E-state index in [-0.39, 0.29) is 5.92 Å². The van der Waals surface area contributed by atoms with Gasteiger partial charge in [0.15, 0.2) is 0 Å². The maximum Gasteiger partial charge on any atom is 0.0666 e. The fourth-order valence-electron chi connectivity index (χ4n) is 1.35. The second kappa shape index (κ2) is 5.84. The second-order valence-corrected chi connectivity index (χ2v) is 4.61. The lowest BCUT2D eigenvalue weighted by molar-refractivity contribution is 0.299. The Morgan fingerprint density at radius 3 is 2.87 bits per heavy atom. The van der Waals surface area contributed by atoms with Gasteiger partial charge in [-0.15, -0.1) is 0 Å². The molecule has 1 rings (SSSR count). The summed E-state index contributed by atoms with van der Waals surface area (Å²) < 4.78 is 0.985. The lowest BCUT2D eigenvalue weighted by atomic mass is 10.2. The number of nitriles is 1. The Bertz CT molecular complexity index is 342. The van der Waals surface area contributed by atoms with Crippen LogP contribution in [0.4, 0.5) is 0 Å². The van der Waals surface area contributed by atoms with Crippen molar-refractivity contribution in [2.24, 2.45) is 5.92 Å². The molecule has 1 atom stereocenters. The summed E-state index contributed by atoms with van der Waals surface area (Å²) in [5.41, 5.74) is 1.02. The number of nitrogens with zero attached hydrogens (tertiary/aromatic N) is 3. The van der Waals surface area contributed by atoms with E-state index in [9.17, 15) is 0 Å². The molecule has 1 unspecified atom stereocenters. The highest BCUT2D eigenvalue weighted by Crippen LogP contribution is 2.09. The van der Waals surface area contributed by atoms with Gasteiger partial charge in [-0.3, -0.25) is 9.88 Å². The highest BCUT2D eigenvalue weighted by atomic mass is 79.9. The Hall–Kier alpha value is -0.920. The summed E-state index contributed by atoms with van der Waals surface area (Å²) in [7, 11) is 2.00. The molecule has 0 aliphatic carbocycles. The van der Waals surface area contributed by atoms with Crippen LogP contribution in [0.5, 0.6) is 0 Å². The highest BCUT2D eigenvalue weighted by Gasteiger charge is 2.06. The van der Waals surface area contributed by atoms with Gasteiger partial charge in [0.25, 0.3) is 0 Å². The summed E-state index contributed by atoms with van der Waals surface area (Å²) in [6.07, 6.45) is 1.79. The number of pyridine rings is 1. The molecule has 3 nitrogen and oxygen atoms in total. The molecule has 1 heterocycles. The standard InChI is InChI=1S/C11H14BrN3/c1-9(5-13)7-15(2)8-11-4-3-10(12)6-14-11/h3-4,6,9H,7-8H2,1-2H3. The van der Waals surface area contributed by atoms with Gasteiger partial charge in [-0.2, -0.15) is 5.26 Å². The van der Waals surface area contributed by atoms with Crippen molar-refractivity contribution in [3.05, 3.63) is 28.5 Å². The van der Waals surface area contributed by atoms with Crippen molar-refractivity contribution >= 4 is 15.9 Å². The number of aromatic nitrogens is 1. The normalized spacial score (nSPS) is 12.5. The average molecular weight is 268 g/mol. The Morgan fingerprint density at radius 1 is 1.60 bits per heavy atom. The maximum absolute atomic E-state index is 8.69. The topological polar surface area (TPSA) is 39.9 Å². The van der Waals surface area contributed by atoms with Gasteiger partial charge in [-0.25, -0.2) is 0 Å². The monoisotopic (exact) mass is 267 g/mol. The predicted octanol–water partition coefficient (Wildman–Crippen LogP) is 2.44. The summed E-state index contributed by atoms with van der Waals surface area (Å²) in [6, 6.07) is 6.18. The van der Waals surface area contributed by atoms with Crippen molar-refractivity contribution in [2.75, 3.05) is 13.6 Å². The van der Waals surface area contributed by atoms with E-state index >= 15 is 0 Å². The molecule has 0 aliphatic rings. The van der Waals surface area contributed by atoms with Gasteiger partial charge < -0.3 is 0 Å². The third kappa shape index (κ3) is 4.41. The Morgan fingerprint density at radius 2 is 2.33 bits per heavy atom. The van der Waals surface area contributed by atoms with E-state index in [1.54, 1.807) is 6.20 Å². The summed E-state index contributed by atoms with van der Waals surface area (Å²) in [6.45, 7) is 3.47. The minimum absolute atomic E-state index is 0.0606. The molecule has 0 aliphatic heterocycles. The van der Waals surface area contributed by atoms with Crippen molar-refractivity contribution in [1.29, 1.82) is 5.26 Å². The van der Waals surface area contributed by atoms with Crippen molar-refractivity contribution in [3.8, 4) is 6.07 Å². The Balaban J connectivity index is 2.48. The summed E-state index contributed by atoms with van der Waals surface area (Å²) in [5.74, 6) is 0.0606. The van der Waals surface area contributed by atoms with Crippen LogP contribution in [-0.4, -0.2) is 23.5 Å². The number of hydrogen-bond acceptors (Lipinski definition) is 3. The largest absolute Gasteiger partial charge is 0.299 e. The minimum Gasteiger partial charge on any atom is -0.299 e. The van der Waals surface area contributed by atoms with Crippen LogP contribution in [-0.2, 0) is 6.54 Å². The fourth-order valence-corrected chi connectivity index (χ4v) is 1.58. The molecular weight excluding hydrogens is 254 g/mol. The van der Waals surface area contributed by atoms with Gasteiger partial charge in [-0.1, -0.05) is 0 Å². The number of halogens is 1. The molecule has 4 heteroatoms. The second-order valence-electron chi connectivity index (χ2n) is 3.69. The first kappa shape index (κ1) is 12.2. The van der Waals surface area contributed by atoms with E-state index < -0.39 is 0 Å². The Kier molecular flexibility index (Phi) is 4.73. The van der Waals surface area contributed by atoms with Crippen molar-refractivity contribution in [1.82, 2.24) is 9.88 Å². The summed E-state index contributed by atoms with van der Waals surface area (Å²) in [4.78, 5) is 6.38. The first-order valence-corrected chi connectivity index (χ1v) is 5.59. The third-order valence-electron chi connectivity index (χ3n) is 2.03. The van der Waals surface area contributed by atoms with E-state index in [2.05, 4.69) is 31.9 Å². The molecule has 0 amide bonds. The molecule has 80 valence electrons. The zero-order chi connectivity index (χ0) is 11.3. The maximum atomic E-state index is 8.69. The van der Waals surface area contributed by atoms with E-state index in [0.29, 0.717) is 0 Å². The number of hydrogen-bond donors (Lipinski definition) is 0. The molecule has 0 radical (unpaired) electrons. The number of rotatable bonds is 4. The molecule has 0 fully saturated rings. The molecule has 1 aromatic heterocycles. The quantitative estimate of drug-likeness (QED) is 0.842. The van der Waals surface area contributed by atoms with Crippen LogP contribution in [0, 0.1) is 17.2 Å². The molecule has 0 saturated carbocycles. The average Bonchev–Trinajstić information content (AvgIpc) is 2.21. The van der Waals surface area contributed by atoms with Crippen LogP contribution in [0.25, 0.3) is 0 Å². The first-order chi connectivity index (χ1) is 7.11. The molecule has 0 spiro atoms.